The van der Waals surface area contributed by atoms with Crippen molar-refractivity contribution in [2.45, 2.75) is 96.9 Å². The molecule has 0 radical (unpaired) electrons. The summed E-state index contributed by atoms with van der Waals surface area (Å²) < 4.78 is 6.12. The molecule has 0 N–H and O–H groups in total. The SMILES string of the molecule is CCCCCCCCCCCCCCOc1cccc2c1CN(C)CC2. The predicted octanol–water partition coefficient (Wildman–Crippen LogP) is 6.75. The minimum absolute atomic E-state index is 0.873. The molecule has 2 rings (SSSR count). The minimum atomic E-state index is 0.873. The van der Waals surface area contributed by atoms with Crippen LogP contribution in [0.3, 0.4) is 0 Å². The molecule has 1 heterocycles. The van der Waals surface area contributed by atoms with Gasteiger partial charge in [0, 0.05) is 18.7 Å². The minimum Gasteiger partial charge on any atom is -0.493 e. The van der Waals surface area contributed by atoms with E-state index in [1.165, 1.54) is 88.2 Å². The quantitative estimate of drug-likeness (QED) is 0.340. The number of benzene rings is 1. The van der Waals surface area contributed by atoms with Gasteiger partial charge in [-0.25, -0.2) is 0 Å². The molecule has 0 aromatic heterocycles. The van der Waals surface area contributed by atoms with Gasteiger partial charge in [0.05, 0.1) is 6.61 Å². The number of hydrogen-bond acceptors (Lipinski definition) is 2. The van der Waals surface area contributed by atoms with Crippen LogP contribution in [0.2, 0.25) is 0 Å². The van der Waals surface area contributed by atoms with Gasteiger partial charge in [-0.15, -0.1) is 0 Å². The van der Waals surface area contributed by atoms with Crippen molar-refractivity contribution in [2.24, 2.45) is 0 Å². The van der Waals surface area contributed by atoms with Crippen LogP contribution in [0, 0.1) is 0 Å². The summed E-state index contributed by atoms with van der Waals surface area (Å²) in [7, 11) is 2.20. The van der Waals surface area contributed by atoms with E-state index < -0.39 is 0 Å². The summed E-state index contributed by atoms with van der Waals surface area (Å²) in [6.45, 7) is 5.36. The Morgan fingerprint density at radius 3 is 2.12 bits per heavy atom. The van der Waals surface area contributed by atoms with Gasteiger partial charge < -0.3 is 9.64 Å². The van der Waals surface area contributed by atoms with Crippen molar-refractivity contribution >= 4 is 0 Å². The molecule has 0 saturated carbocycles. The van der Waals surface area contributed by atoms with Gasteiger partial charge >= 0.3 is 0 Å². The first-order chi connectivity index (χ1) is 12.8. The van der Waals surface area contributed by atoms with E-state index in [-0.39, 0.29) is 0 Å². The van der Waals surface area contributed by atoms with E-state index >= 15 is 0 Å². The summed E-state index contributed by atoms with van der Waals surface area (Å²) in [5.74, 6) is 1.12. The van der Waals surface area contributed by atoms with Crippen molar-refractivity contribution in [3.8, 4) is 5.75 Å². The van der Waals surface area contributed by atoms with Gasteiger partial charge in [0.2, 0.25) is 0 Å². The van der Waals surface area contributed by atoms with Crippen LogP contribution in [0.15, 0.2) is 18.2 Å². The van der Waals surface area contributed by atoms with E-state index in [0.29, 0.717) is 0 Å². The maximum atomic E-state index is 6.12. The Labute approximate surface area is 162 Å². The molecule has 0 unspecified atom stereocenters. The molecule has 0 atom stereocenters. The molecule has 1 aromatic rings. The molecule has 26 heavy (non-hydrogen) atoms. The summed E-state index contributed by atoms with van der Waals surface area (Å²) >= 11 is 0. The lowest BCUT2D eigenvalue weighted by molar-refractivity contribution is 0.276. The van der Waals surface area contributed by atoms with Crippen molar-refractivity contribution in [3.63, 3.8) is 0 Å². The van der Waals surface area contributed by atoms with Crippen LogP contribution < -0.4 is 4.74 Å². The Bertz CT molecular complexity index is 485. The molecule has 0 amide bonds. The molecule has 0 aliphatic carbocycles. The van der Waals surface area contributed by atoms with Crippen molar-refractivity contribution in [1.29, 1.82) is 0 Å². The van der Waals surface area contributed by atoms with Crippen LogP contribution >= 0.6 is 0 Å². The smallest absolute Gasteiger partial charge is 0.124 e. The number of nitrogens with zero attached hydrogens (tertiary/aromatic N) is 1. The van der Waals surface area contributed by atoms with E-state index in [1.807, 2.05) is 0 Å². The molecule has 0 bridgehead atoms. The highest BCUT2D eigenvalue weighted by Gasteiger charge is 2.16. The largest absolute Gasteiger partial charge is 0.493 e. The number of likely N-dealkylation sites (N-methyl/N-ethyl adjacent to an activating group) is 1. The van der Waals surface area contributed by atoms with E-state index in [4.69, 9.17) is 4.74 Å². The zero-order chi connectivity index (χ0) is 18.5. The van der Waals surface area contributed by atoms with Crippen LogP contribution in [0.5, 0.6) is 5.75 Å². The number of ether oxygens (including phenoxy) is 1. The van der Waals surface area contributed by atoms with E-state index in [1.54, 1.807) is 0 Å². The topological polar surface area (TPSA) is 12.5 Å². The summed E-state index contributed by atoms with van der Waals surface area (Å²) in [6, 6.07) is 6.57. The van der Waals surface area contributed by atoms with Gasteiger partial charge in [0.15, 0.2) is 0 Å². The van der Waals surface area contributed by atoms with Gasteiger partial charge in [0.1, 0.15) is 5.75 Å². The van der Waals surface area contributed by atoms with Gasteiger partial charge in [-0.05, 0) is 31.5 Å². The molecule has 1 aliphatic heterocycles. The molecule has 0 spiro atoms. The lowest BCUT2D eigenvalue weighted by Gasteiger charge is -2.26. The zero-order valence-electron chi connectivity index (χ0n) is 17.4. The van der Waals surface area contributed by atoms with Crippen LogP contribution in [-0.4, -0.2) is 25.1 Å². The van der Waals surface area contributed by atoms with Crippen LogP contribution in [0.1, 0.15) is 95.1 Å². The number of unbranched alkanes of at least 4 members (excludes halogenated alkanes) is 11. The molecule has 0 fully saturated rings. The fourth-order valence-electron chi connectivity index (χ4n) is 3.95. The Morgan fingerprint density at radius 1 is 0.846 bits per heavy atom. The van der Waals surface area contributed by atoms with Gasteiger partial charge in [-0.3, -0.25) is 0 Å². The fraction of sp³-hybridized carbons (Fsp3) is 0.750. The third-order valence-corrected chi connectivity index (χ3v) is 5.68. The van der Waals surface area contributed by atoms with Crippen LogP contribution in [0.25, 0.3) is 0 Å². The van der Waals surface area contributed by atoms with Crippen molar-refractivity contribution < 1.29 is 4.74 Å². The highest BCUT2D eigenvalue weighted by Crippen LogP contribution is 2.27. The first-order valence-corrected chi connectivity index (χ1v) is 11.2. The lowest BCUT2D eigenvalue weighted by Crippen LogP contribution is -2.27. The summed E-state index contributed by atoms with van der Waals surface area (Å²) in [5.41, 5.74) is 2.90. The number of rotatable bonds is 14. The summed E-state index contributed by atoms with van der Waals surface area (Å²) in [5, 5.41) is 0. The molecule has 0 saturated heterocycles. The maximum Gasteiger partial charge on any atom is 0.124 e. The molecular weight excluding hydrogens is 318 g/mol. The average molecular weight is 360 g/mol. The third-order valence-electron chi connectivity index (χ3n) is 5.68. The molecular formula is C24H41NO. The maximum absolute atomic E-state index is 6.12. The Kier molecular flexibility index (Phi) is 10.8. The van der Waals surface area contributed by atoms with Crippen molar-refractivity contribution in [3.05, 3.63) is 29.3 Å². The molecule has 1 aromatic carbocycles. The molecule has 148 valence electrons. The monoisotopic (exact) mass is 359 g/mol. The summed E-state index contributed by atoms with van der Waals surface area (Å²) in [4.78, 5) is 2.39. The number of fused-ring (bicyclic) bond motifs is 1. The standard InChI is InChI=1S/C24H41NO/c1-3-4-5-6-7-8-9-10-11-12-13-14-20-26-24-17-15-16-22-18-19-25(2)21-23(22)24/h15-17H,3-14,18-21H2,1-2H3. The second-order valence-corrected chi connectivity index (χ2v) is 8.12. The zero-order valence-corrected chi connectivity index (χ0v) is 17.4. The third kappa shape index (κ3) is 8.12. The van der Waals surface area contributed by atoms with E-state index in [0.717, 1.165) is 31.9 Å². The summed E-state index contributed by atoms with van der Waals surface area (Å²) in [6.07, 6.45) is 17.9. The second-order valence-electron chi connectivity index (χ2n) is 8.12. The van der Waals surface area contributed by atoms with Gasteiger partial charge in [0.25, 0.3) is 0 Å². The first-order valence-electron chi connectivity index (χ1n) is 11.2. The predicted molar refractivity (Wildman–Crippen MR) is 113 cm³/mol. The Balaban J connectivity index is 1.46. The van der Waals surface area contributed by atoms with Crippen molar-refractivity contribution in [1.82, 2.24) is 4.90 Å². The molecule has 2 heteroatoms. The van der Waals surface area contributed by atoms with Crippen LogP contribution in [-0.2, 0) is 13.0 Å². The van der Waals surface area contributed by atoms with Crippen molar-refractivity contribution in [2.75, 3.05) is 20.2 Å². The fourth-order valence-corrected chi connectivity index (χ4v) is 3.95. The van der Waals surface area contributed by atoms with Gasteiger partial charge in [-0.2, -0.15) is 0 Å². The average Bonchev–Trinajstić information content (AvgIpc) is 2.65. The number of hydrogen-bond donors (Lipinski definition) is 0. The van der Waals surface area contributed by atoms with E-state index in [2.05, 4.69) is 37.1 Å². The van der Waals surface area contributed by atoms with E-state index in [9.17, 15) is 0 Å². The molecule has 1 aliphatic rings. The second kappa shape index (κ2) is 13.2. The first kappa shape index (κ1) is 21.3. The normalized spacial score (nSPS) is 14.4. The van der Waals surface area contributed by atoms with Crippen LogP contribution in [0.4, 0.5) is 0 Å². The Morgan fingerprint density at radius 2 is 1.46 bits per heavy atom. The molecule has 2 nitrogen and oxygen atoms in total. The lowest BCUT2D eigenvalue weighted by atomic mass is 9.99. The van der Waals surface area contributed by atoms with Gasteiger partial charge in [-0.1, -0.05) is 89.7 Å². The Hall–Kier alpha value is -1.02. The highest BCUT2D eigenvalue weighted by molar-refractivity contribution is 5.41. The highest BCUT2D eigenvalue weighted by atomic mass is 16.5.